The number of nitrogens with one attached hydrogen (secondary N) is 2. The number of fused-ring (bicyclic) bond motifs is 1. The van der Waals surface area contributed by atoms with Crippen molar-refractivity contribution in [1.29, 1.82) is 0 Å². The van der Waals surface area contributed by atoms with E-state index in [1.54, 1.807) is 36.4 Å². The maximum absolute atomic E-state index is 12.9. The Morgan fingerprint density at radius 3 is 2.71 bits per heavy atom. The van der Waals surface area contributed by atoms with E-state index in [0.717, 1.165) is 17.3 Å². The van der Waals surface area contributed by atoms with E-state index in [9.17, 15) is 13.2 Å². The molecule has 1 unspecified atom stereocenters. The fraction of sp³-hybridized carbons (Fsp3) is 0.167. The number of methoxy groups -OCH3 is 1. The molecule has 8 nitrogen and oxygen atoms in total. The van der Waals surface area contributed by atoms with E-state index in [4.69, 9.17) is 20.8 Å². The van der Waals surface area contributed by atoms with Crippen LogP contribution in [-0.2, 0) is 14.8 Å². The van der Waals surface area contributed by atoms with Gasteiger partial charge in [-0.25, -0.2) is 13.4 Å². The average Bonchev–Trinajstić information content (AvgIpc) is 3.25. The molecule has 1 heterocycles. The number of thioether (sulfide) groups is 1. The van der Waals surface area contributed by atoms with E-state index in [0.29, 0.717) is 27.6 Å². The number of nitrogens with zero attached hydrogens (tertiary/aromatic N) is 1. The first kappa shape index (κ1) is 24.9. The van der Waals surface area contributed by atoms with Crippen LogP contribution in [0.15, 0.2) is 81.3 Å². The van der Waals surface area contributed by atoms with Crippen molar-refractivity contribution in [2.45, 2.75) is 23.1 Å². The maximum atomic E-state index is 12.9. The number of carbonyl (C=O) groups is 1. The summed E-state index contributed by atoms with van der Waals surface area (Å²) in [6.45, 7) is 1.87. The van der Waals surface area contributed by atoms with E-state index in [2.05, 4.69) is 15.0 Å². The molecule has 3 aromatic carbocycles. The Balaban J connectivity index is 1.42. The number of hydrogen-bond donors (Lipinski definition) is 2. The number of amides is 1. The van der Waals surface area contributed by atoms with Gasteiger partial charge in [0.15, 0.2) is 5.58 Å². The predicted molar refractivity (Wildman–Crippen MR) is 137 cm³/mol. The molecule has 0 saturated heterocycles. The summed E-state index contributed by atoms with van der Waals surface area (Å²) in [5, 5.41) is 3.77. The van der Waals surface area contributed by atoms with Gasteiger partial charge >= 0.3 is 0 Å². The second-order valence-electron chi connectivity index (χ2n) is 7.55. The highest BCUT2D eigenvalue weighted by Gasteiger charge is 2.19. The zero-order valence-corrected chi connectivity index (χ0v) is 21.2. The summed E-state index contributed by atoms with van der Waals surface area (Å²) < 4.78 is 39.2. The molecule has 1 amide bonds. The van der Waals surface area contributed by atoms with Gasteiger partial charge in [-0.3, -0.25) is 9.52 Å². The highest BCUT2D eigenvalue weighted by atomic mass is 35.5. The molecule has 182 valence electrons. The van der Waals surface area contributed by atoms with Gasteiger partial charge in [-0.15, -0.1) is 0 Å². The number of halogens is 1. The summed E-state index contributed by atoms with van der Waals surface area (Å²) in [6.07, 6.45) is 0. The van der Waals surface area contributed by atoms with Crippen LogP contribution in [0.4, 0.5) is 5.69 Å². The smallest absolute Gasteiger partial charge is 0.262 e. The lowest BCUT2D eigenvalue weighted by Crippen LogP contribution is -2.28. The number of aromatic nitrogens is 1. The van der Waals surface area contributed by atoms with E-state index < -0.39 is 10.0 Å². The SMILES string of the molecule is COc1ccccc1NS(=O)(=O)c1ccc2oc(SCC(=O)NC(C)c3cccc(Cl)c3)nc2c1. The molecule has 11 heteroatoms. The van der Waals surface area contributed by atoms with Gasteiger partial charge in [-0.1, -0.05) is 47.6 Å². The molecule has 0 aliphatic heterocycles. The van der Waals surface area contributed by atoms with Gasteiger partial charge in [0, 0.05) is 5.02 Å². The first-order valence-corrected chi connectivity index (χ1v) is 13.3. The molecule has 1 aromatic heterocycles. The Bertz CT molecular complexity index is 1470. The molecule has 0 saturated carbocycles. The van der Waals surface area contributed by atoms with Crippen LogP contribution in [0, 0.1) is 0 Å². The molecular weight excluding hydrogens is 510 g/mol. The molecular formula is C24H22ClN3O5S2. The highest BCUT2D eigenvalue weighted by molar-refractivity contribution is 7.99. The van der Waals surface area contributed by atoms with E-state index in [1.165, 1.54) is 25.3 Å². The molecule has 2 N–H and O–H groups in total. The van der Waals surface area contributed by atoms with Gasteiger partial charge in [-0.2, -0.15) is 0 Å². The van der Waals surface area contributed by atoms with Gasteiger partial charge in [0.25, 0.3) is 15.2 Å². The number of anilines is 1. The van der Waals surface area contributed by atoms with E-state index in [-0.39, 0.29) is 27.8 Å². The maximum Gasteiger partial charge on any atom is 0.262 e. The lowest BCUT2D eigenvalue weighted by Gasteiger charge is -2.14. The third-order valence-electron chi connectivity index (χ3n) is 5.05. The normalized spacial score (nSPS) is 12.3. The van der Waals surface area contributed by atoms with Gasteiger partial charge in [0.1, 0.15) is 11.3 Å². The molecule has 0 aliphatic carbocycles. The molecule has 1 atom stereocenters. The Hall–Kier alpha value is -3.21. The van der Waals surface area contributed by atoms with Crippen LogP contribution in [0.25, 0.3) is 11.1 Å². The standard InChI is InChI=1S/C24H22ClN3O5S2/c1-15(16-6-5-7-17(25)12-16)26-23(29)14-34-24-27-20-13-18(10-11-22(20)33-24)35(30,31)28-19-8-3-4-9-21(19)32-2/h3-13,15,28H,14H2,1-2H3,(H,26,29). The third-order valence-corrected chi connectivity index (χ3v) is 7.48. The largest absolute Gasteiger partial charge is 0.495 e. The van der Waals surface area contributed by atoms with Crippen molar-refractivity contribution in [2.24, 2.45) is 0 Å². The molecule has 0 bridgehead atoms. The first-order valence-electron chi connectivity index (χ1n) is 10.5. The van der Waals surface area contributed by atoms with Crippen LogP contribution in [0.1, 0.15) is 18.5 Å². The minimum Gasteiger partial charge on any atom is -0.495 e. The summed E-state index contributed by atoms with van der Waals surface area (Å²) in [5.41, 5.74) is 2.00. The fourth-order valence-corrected chi connectivity index (χ4v) is 5.26. The number of carbonyl (C=O) groups excluding carboxylic acids is 1. The zero-order valence-electron chi connectivity index (χ0n) is 18.8. The lowest BCUT2D eigenvalue weighted by molar-refractivity contribution is -0.119. The van der Waals surface area contributed by atoms with Gasteiger partial charge < -0.3 is 14.5 Å². The van der Waals surface area contributed by atoms with Gasteiger partial charge in [0.05, 0.1) is 29.5 Å². The van der Waals surface area contributed by atoms with Crippen molar-refractivity contribution in [3.8, 4) is 5.75 Å². The highest BCUT2D eigenvalue weighted by Crippen LogP contribution is 2.29. The second-order valence-corrected chi connectivity index (χ2v) is 10.6. The minimum atomic E-state index is -3.89. The van der Waals surface area contributed by atoms with Gasteiger partial charge in [-0.05, 0) is 55.0 Å². The van der Waals surface area contributed by atoms with Crippen LogP contribution in [-0.4, -0.2) is 32.2 Å². The Kier molecular flexibility index (Phi) is 7.54. The average molecular weight is 532 g/mol. The summed E-state index contributed by atoms with van der Waals surface area (Å²) in [7, 11) is -2.42. The van der Waals surface area contributed by atoms with Crippen molar-refractivity contribution in [1.82, 2.24) is 10.3 Å². The molecule has 0 fully saturated rings. The quantitative estimate of drug-likeness (QED) is 0.283. The van der Waals surface area contributed by atoms with Crippen LogP contribution in [0.3, 0.4) is 0 Å². The predicted octanol–water partition coefficient (Wildman–Crippen LogP) is 5.26. The third kappa shape index (κ3) is 6.08. The molecule has 0 spiro atoms. The zero-order chi connectivity index (χ0) is 25.0. The summed E-state index contributed by atoms with van der Waals surface area (Å²) in [6, 6.07) is 18.2. The van der Waals surface area contributed by atoms with Crippen molar-refractivity contribution < 1.29 is 22.4 Å². The monoisotopic (exact) mass is 531 g/mol. The number of para-hydroxylation sites is 2. The van der Waals surface area contributed by atoms with Crippen molar-refractivity contribution in [3.63, 3.8) is 0 Å². The lowest BCUT2D eigenvalue weighted by atomic mass is 10.1. The van der Waals surface area contributed by atoms with Gasteiger partial charge in [0.2, 0.25) is 5.91 Å². The number of oxazole rings is 1. The Morgan fingerprint density at radius 2 is 1.94 bits per heavy atom. The molecule has 0 radical (unpaired) electrons. The van der Waals surface area contributed by atoms with Crippen LogP contribution >= 0.6 is 23.4 Å². The number of rotatable bonds is 9. The van der Waals surface area contributed by atoms with E-state index in [1.807, 2.05) is 19.1 Å². The molecule has 4 rings (SSSR count). The number of sulfonamides is 1. The van der Waals surface area contributed by atoms with E-state index >= 15 is 0 Å². The topological polar surface area (TPSA) is 111 Å². The molecule has 0 aliphatic rings. The van der Waals surface area contributed by atoms with Crippen LogP contribution in [0.2, 0.25) is 5.02 Å². The molecule has 35 heavy (non-hydrogen) atoms. The summed E-state index contributed by atoms with van der Waals surface area (Å²) >= 11 is 7.13. The summed E-state index contributed by atoms with van der Waals surface area (Å²) in [4.78, 5) is 16.7. The minimum absolute atomic E-state index is 0.0221. The van der Waals surface area contributed by atoms with Crippen LogP contribution in [0.5, 0.6) is 5.75 Å². The van der Waals surface area contributed by atoms with Crippen molar-refractivity contribution in [3.05, 3.63) is 77.3 Å². The van der Waals surface area contributed by atoms with Crippen molar-refractivity contribution >= 4 is 56.1 Å². The van der Waals surface area contributed by atoms with Crippen molar-refractivity contribution in [2.75, 3.05) is 17.6 Å². The number of ether oxygens (including phenoxy) is 1. The van der Waals surface area contributed by atoms with Crippen LogP contribution < -0.4 is 14.8 Å². The number of benzene rings is 3. The number of hydrogen-bond acceptors (Lipinski definition) is 7. The Labute approximate surface area is 212 Å². The second kappa shape index (κ2) is 10.6. The molecule has 4 aromatic rings. The summed E-state index contributed by atoms with van der Waals surface area (Å²) in [5.74, 6) is 0.285. The first-order chi connectivity index (χ1) is 16.7. The fourth-order valence-electron chi connectivity index (χ4n) is 3.32. The Morgan fingerprint density at radius 1 is 1.14 bits per heavy atom.